The highest BCUT2D eigenvalue weighted by Crippen LogP contribution is 2.29. The van der Waals surface area contributed by atoms with E-state index in [1.807, 2.05) is 90.3 Å². The van der Waals surface area contributed by atoms with E-state index in [4.69, 9.17) is 4.98 Å². The molecule has 0 aliphatic carbocycles. The molecular weight excluding hydrogens is 436 g/mol. The first-order chi connectivity index (χ1) is 15.8. The number of carbonyl (C=O) groups excluding carboxylic acids is 1. The van der Waals surface area contributed by atoms with Crippen LogP contribution in [0.3, 0.4) is 0 Å². The average molecular weight is 457 g/mol. The molecule has 0 fully saturated rings. The zero-order valence-electron chi connectivity index (χ0n) is 17.1. The summed E-state index contributed by atoms with van der Waals surface area (Å²) in [5, 5.41) is 3.44. The second kappa shape index (κ2) is 9.38. The first kappa shape index (κ1) is 20.5. The van der Waals surface area contributed by atoms with Crippen LogP contribution in [0, 0.1) is 0 Å². The maximum atomic E-state index is 13.3. The van der Waals surface area contributed by atoms with Crippen LogP contribution in [0.4, 0.5) is 5.13 Å². The van der Waals surface area contributed by atoms with E-state index in [1.54, 1.807) is 4.90 Å². The van der Waals surface area contributed by atoms with Crippen molar-refractivity contribution in [1.82, 2.24) is 15.0 Å². The summed E-state index contributed by atoms with van der Waals surface area (Å²) in [7, 11) is 0. The summed E-state index contributed by atoms with van der Waals surface area (Å²) < 4.78 is 0. The third-order valence-electron chi connectivity index (χ3n) is 4.98. The Morgan fingerprint density at radius 2 is 1.62 bits per heavy atom. The standard InChI is InChI=1S/C25H20N4OS2/c30-23(17-31-24-26-20-13-7-8-14-21(20)27-24)29(15-18-9-3-1-4-10-18)25-28-22(16-32-25)19-11-5-2-6-12-19/h1-14,16H,15,17H2,(H,26,27). The molecule has 7 heteroatoms. The molecule has 1 N–H and O–H groups in total. The fourth-order valence-corrected chi connectivity index (χ4v) is 4.98. The highest BCUT2D eigenvalue weighted by atomic mass is 32.2. The lowest BCUT2D eigenvalue weighted by Gasteiger charge is -2.19. The Labute approximate surface area is 194 Å². The molecule has 5 nitrogen and oxygen atoms in total. The van der Waals surface area contributed by atoms with Gasteiger partial charge in [-0.1, -0.05) is 84.6 Å². The van der Waals surface area contributed by atoms with Crippen molar-refractivity contribution in [3.63, 3.8) is 0 Å². The van der Waals surface area contributed by atoms with Crippen LogP contribution in [0.5, 0.6) is 0 Å². The number of para-hydroxylation sites is 2. The smallest absolute Gasteiger partial charge is 0.239 e. The molecule has 5 rings (SSSR count). The van der Waals surface area contributed by atoms with E-state index in [2.05, 4.69) is 9.97 Å². The summed E-state index contributed by atoms with van der Waals surface area (Å²) >= 11 is 2.90. The number of anilines is 1. The maximum Gasteiger partial charge on any atom is 0.239 e. The number of fused-ring (bicyclic) bond motifs is 1. The summed E-state index contributed by atoms with van der Waals surface area (Å²) in [6.07, 6.45) is 0. The van der Waals surface area contributed by atoms with E-state index in [-0.39, 0.29) is 11.7 Å². The Balaban J connectivity index is 1.38. The molecule has 0 bridgehead atoms. The minimum Gasteiger partial charge on any atom is -0.333 e. The van der Waals surface area contributed by atoms with E-state index < -0.39 is 0 Å². The van der Waals surface area contributed by atoms with Gasteiger partial charge in [-0.3, -0.25) is 9.69 Å². The molecule has 3 aromatic carbocycles. The Hall–Kier alpha value is -3.42. The zero-order valence-corrected chi connectivity index (χ0v) is 18.8. The maximum absolute atomic E-state index is 13.3. The normalized spacial score (nSPS) is 11.0. The number of nitrogens with zero attached hydrogens (tertiary/aromatic N) is 3. The minimum atomic E-state index is -0.00623. The van der Waals surface area contributed by atoms with Gasteiger partial charge in [-0.15, -0.1) is 11.3 Å². The fraction of sp³-hybridized carbons (Fsp3) is 0.0800. The topological polar surface area (TPSA) is 61.9 Å². The molecule has 0 aliphatic rings. The van der Waals surface area contributed by atoms with Gasteiger partial charge in [0.2, 0.25) is 5.91 Å². The van der Waals surface area contributed by atoms with Crippen molar-refractivity contribution < 1.29 is 4.79 Å². The molecule has 0 spiro atoms. The van der Waals surface area contributed by atoms with Crippen molar-refractivity contribution in [3.8, 4) is 11.3 Å². The summed E-state index contributed by atoms with van der Waals surface area (Å²) in [6.45, 7) is 0.474. The first-order valence-corrected chi connectivity index (χ1v) is 12.1. The van der Waals surface area contributed by atoms with Gasteiger partial charge in [0.05, 0.1) is 29.0 Å². The number of H-pyrrole nitrogens is 1. The molecule has 0 saturated heterocycles. The van der Waals surface area contributed by atoms with Gasteiger partial charge in [0.1, 0.15) is 0 Å². The molecule has 0 unspecified atom stereocenters. The third-order valence-corrected chi connectivity index (χ3v) is 6.70. The monoisotopic (exact) mass is 456 g/mol. The number of imidazole rings is 1. The van der Waals surface area contributed by atoms with Crippen LogP contribution in [0.25, 0.3) is 22.3 Å². The SMILES string of the molecule is O=C(CSc1nc2ccccc2[nH]1)N(Cc1ccccc1)c1nc(-c2ccccc2)cs1. The predicted molar refractivity (Wildman–Crippen MR) is 132 cm³/mol. The van der Waals surface area contributed by atoms with Crippen LogP contribution in [-0.2, 0) is 11.3 Å². The number of amides is 1. The highest BCUT2D eigenvalue weighted by Gasteiger charge is 2.21. The number of aromatic amines is 1. The molecule has 1 amide bonds. The number of carbonyl (C=O) groups is 1. The van der Waals surface area contributed by atoms with Gasteiger partial charge in [-0.25, -0.2) is 9.97 Å². The van der Waals surface area contributed by atoms with Gasteiger partial charge < -0.3 is 4.98 Å². The van der Waals surface area contributed by atoms with Crippen molar-refractivity contribution >= 4 is 45.2 Å². The molecule has 0 saturated carbocycles. The van der Waals surface area contributed by atoms with Gasteiger partial charge in [-0.2, -0.15) is 0 Å². The molecule has 0 atom stereocenters. The fourth-order valence-electron chi connectivity index (χ4n) is 3.36. The summed E-state index contributed by atoms with van der Waals surface area (Å²) in [5.41, 5.74) is 4.85. The highest BCUT2D eigenvalue weighted by molar-refractivity contribution is 7.99. The predicted octanol–water partition coefficient (Wildman–Crippen LogP) is 6.01. The van der Waals surface area contributed by atoms with Crippen LogP contribution in [0.15, 0.2) is 95.5 Å². The number of rotatable bonds is 7. The van der Waals surface area contributed by atoms with Crippen molar-refractivity contribution in [3.05, 3.63) is 95.9 Å². The molecule has 32 heavy (non-hydrogen) atoms. The van der Waals surface area contributed by atoms with Gasteiger partial charge in [0.15, 0.2) is 10.3 Å². The molecular formula is C25H20N4OS2. The Bertz CT molecular complexity index is 1300. The molecule has 158 valence electrons. The number of thiazole rings is 1. The lowest BCUT2D eigenvalue weighted by molar-refractivity contribution is -0.116. The van der Waals surface area contributed by atoms with E-state index in [0.717, 1.165) is 33.0 Å². The lowest BCUT2D eigenvalue weighted by atomic mass is 10.2. The van der Waals surface area contributed by atoms with Crippen LogP contribution in [-0.4, -0.2) is 26.6 Å². The first-order valence-electron chi connectivity index (χ1n) is 10.2. The van der Waals surface area contributed by atoms with Gasteiger partial charge in [0.25, 0.3) is 0 Å². The van der Waals surface area contributed by atoms with E-state index in [9.17, 15) is 4.79 Å². The average Bonchev–Trinajstić information content (AvgIpc) is 3.49. The van der Waals surface area contributed by atoms with Crippen molar-refractivity contribution in [2.75, 3.05) is 10.7 Å². The quantitative estimate of drug-likeness (QED) is 0.305. The van der Waals surface area contributed by atoms with Crippen LogP contribution < -0.4 is 4.90 Å². The summed E-state index contributed by atoms with van der Waals surface area (Å²) in [6, 6.07) is 27.9. The number of aromatic nitrogens is 3. The number of benzene rings is 3. The number of nitrogens with one attached hydrogen (secondary N) is 1. The molecule has 0 radical (unpaired) electrons. The van der Waals surface area contributed by atoms with Gasteiger partial charge in [0, 0.05) is 10.9 Å². The Morgan fingerprint density at radius 1 is 0.906 bits per heavy atom. The second-order valence-electron chi connectivity index (χ2n) is 7.19. The molecule has 5 aromatic rings. The van der Waals surface area contributed by atoms with E-state index in [0.29, 0.717) is 11.7 Å². The van der Waals surface area contributed by atoms with Gasteiger partial charge >= 0.3 is 0 Å². The van der Waals surface area contributed by atoms with Crippen molar-refractivity contribution in [1.29, 1.82) is 0 Å². The summed E-state index contributed by atoms with van der Waals surface area (Å²) in [4.78, 5) is 27.7. The molecule has 0 aliphatic heterocycles. The van der Waals surface area contributed by atoms with Crippen molar-refractivity contribution in [2.24, 2.45) is 0 Å². The Kier molecular flexibility index (Phi) is 6.00. The number of thioether (sulfide) groups is 1. The van der Waals surface area contributed by atoms with Crippen LogP contribution >= 0.6 is 23.1 Å². The van der Waals surface area contributed by atoms with Crippen LogP contribution in [0.1, 0.15) is 5.56 Å². The molecule has 2 heterocycles. The van der Waals surface area contributed by atoms with Gasteiger partial charge in [-0.05, 0) is 17.7 Å². The Morgan fingerprint density at radius 3 is 2.41 bits per heavy atom. The van der Waals surface area contributed by atoms with Crippen molar-refractivity contribution in [2.45, 2.75) is 11.7 Å². The van der Waals surface area contributed by atoms with E-state index >= 15 is 0 Å². The zero-order chi connectivity index (χ0) is 21.8. The number of hydrogen-bond acceptors (Lipinski definition) is 5. The minimum absolute atomic E-state index is 0.00623. The van der Waals surface area contributed by atoms with Crippen LogP contribution in [0.2, 0.25) is 0 Å². The van der Waals surface area contributed by atoms with E-state index in [1.165, 1.54) is 23.1 Å². The molecule has 2 aromatic heterocycles. The number of hydrogen-bond donors (Lipinski definition) is 1. The summed E-state index contributed by atoms with van der Waals surface area (Å²) in [5.74, 6) is 0.265. The largest absolute Gasteiger partial charge is 0.333 e. The lowest BCUT2D eigenvalue weighted by Crippen LogP contribution is -2.31. The second-order valence-corrected chi connectivity index (χ2v) is 9.00. The third kappa shape index (κ3) is 4.59.